The van der Waals surface area contributed by atoms with Gasteiger partial charge in [0.1, 0.15) is 11.4 Å². The molecule has 3 aromatic heterocycles. The second kappa shape index (κ2) is 7.56. The van der Waals surface area contributed by atoms with Crippen LogP contribution in [0.2, 0.25) is 0 Å². The van der Waals surface area contributed by atoms with Gasteiger partial charge in [0, 0.05) is 11.8 Å². The lowest BCUT2D eigenvalue weighted by atomic mass is 10.1. The van der Waals surface area contributed by atoms with Crippen LogP contribution in [0.4, 0.5) is 4.39 Å². The zero-order valence-corrected chi connectivity index (χ0v) is 16.6. The molecule has 31 heavy (non-hydrogen) atoms. The molecule has 7 nitrogen and oxygen atoms in total. The monoisotopic (exact) mass is 412 g/mol. The van der Waals surface area contributed by atoms with Crippen LogP contribution in [-0.2, 0) is 6.54 Å². The van der Waals surface area contributed by atoms with Crippen molar-refractivity contribution in [3.63, 3.8) is 0 Å². The minimum atomic E-state index is -0.631. The molecule has 0 fully saturated rings. The van der Waals surface area contributed by atoms with Crippen LogP contribution >= 0.6 is 0 Å². The van der Waals surface area contributed by atoms with Crippen molar-refractivity contribution in [1.29, 1.82) is 0 Å². The summed E-state index contributed by atoms with van der Waals surface area (Å²) < 4.78 is 17.1. The molecule has 0 spiro atoms. The van der Waals surface area contributed by atoms with Gasteiger partial charge in [-0.1, -0.05) is 41.6 Å². The second-order valence-corrected chi connectivity index (χ2v) is 7.14. The van der Waals surface area contributed by atoms with E-state index in [2.05, 4.69) is 20.3 Å². The van der Waals surface area contributed by atoms with Crippen LogP contribution in [0.3, 0.4) is 0 Å². The van der Waals surface area contributed by atoms with E-state index in [-0.39, 0.29) is 11.2 Å². The topological polar surface area (TPSA) is 78.5 Å². The van der Waals surface area contributed by atoms with Gasteiger partial charge in [0.2, 0.25) is 5.95 Å². The Balaban J connectivity index is 1.58. The summed E-state index contributed by atoms with van der Waals surface area (Å²) in [6.45, 7) is 2.23. The summed E-state index contributed by atoms with van der Waals surface area (Å²) >= 11 is 0. The maximum absolute atomic E-state index is 14.1. The normalized spacial score (nSPS) is 11.2. The number of pyridine rings is 1. The number of nitrogens with zero attached hydrogens (tertiary/aromatic N) is 6. The van der Waals surface area contributed by atoms with Gasteiger partial charge in [-0.25, -0.2) is 14.6 Å². The van der Waals surface area contributed by atoms with Crippen molar-refractivity contribution in [2.24, 2.45) is 0 Å². The minimum Gasteiger partial charge on any atom is -0.294 e. The quantitative estimate of drug-likeness (QED) is 0.422. The first-order valence-electron chi connectivity index (χ1n) is 9.68. The molecule has 5 rings (SSSR count). The number of hydrogen-bond acceptors (Lipinski definition) is 5. The fraction of sp³-hybridized carbons (Fsp3) is 0.0870. The first-order valence-corrected chi connectivity index (χ1v) is 9.68. The zero-order valence-electron chi connectivity index (χ0n) is 16.6. The van der Waals surface area contributed by atoms with Gasteiger partial charge in [-0.05, 0) is 36.8 Å². The molecular weight excluding hydrogens is 395 g/mol. The molecule has 0 atom stereocenters. The van der Waals surface area contributed by atoms with Gasteiger partial charge in [-0.2, -0.15) is 4.39 Å². The summed E-state index contributed by atoms with van der Waals surface area (Å²) in [6.07, 6.45) is 2.94. The molecule has 0 saturated carbocycles. The average molecular weight is 412 g/mol. The summed E-state index contributed by atoms with van der Waals surface area (Å²) in [5.74, 6) is -0.631. The van der Waals surface area contributed by atoms with Crippen molar-refractivity contribution in [3.8, 4) is 16.9 Å². The number of benzene rings is 2. The molecule has 0 aliphatic rings. The Hall–Kier alpha value is -4.20. The van der Waals surface area contributed by atoms with E-state index in [4.69, 9.17) is 0 Å². The van der Waals surface area contributed by atoms with Crippen molar-refractivity contribution < 1.29 is 4.39 Å². The van der Waals surface area contributed by atoms with Gasteiger partial charge in [0.15, 0.2) is 0 Å². The third kappa shape index (κ3) is 3.38. The maximum Gasteiger partial charge on any atom is 0.261 e. The van der Waals surface area contributed by atoms with E-state index in [1.165, 1.54) is 10.9 Å². The smallest absolute Gasteiger partial charge is 0.261 e. The Labute approximate surface area is 176 Å². The molecule has 2 aromatic carbocycles. The Bertz CT molecular complexity index is 1460. The Kier molecular flexibility index (Phi) is 4.59. The molecule has 0 unspecified atom stereocenters. The van der Waals surface area contributed by atoms with Gasteiger partial charge in [-0.15, -0.1) is 5.10 Å². The highest BCUT2D eigenvalue weighted by atomic mass is 19.1. The largest absolute Gasteiger partial charge is 0.294 e. The molecule has 0 aliphatic carbocycles. The average Bonchev–Trinajstić information content (AvgIpc) is 3.18. The number of rotatable bonds is 4. The summed E-state index contributed by atoms with van der Waals surface area (Å²) in [5.41, 5.74) is 3.59. The van der Waals surface area contributed by atoms with Gasteiger partial charge < -0.3 is 0 Å². The van der Waals surface area contributed by atoms with Gasteiger partial charge in [0.25, 0.3) is 5.56 Å². The minimum absolute atomic E-state index is 0.140. The lowest BCUT2D eigenvalue weighted by Gasteiger charge is -2.08. The first-order chi connectivity index (χ1) is 15.1. The van der Waals surface area contributed by atoms with Gasteiger partial charge in [-0.3, -0.25) is 9.36 Å². The van der Waals surface area contributed by atoms with E-state index in [0.29, 0.717) is 34.4 Å². The highest BCUT2D eigenvalue weighted by Crippen LogP contribution is 2.25. The van der Waals surface area contributed by atoms with E-state index in [1.807, 2.05) is 36.4 Å². The zero-order chi connectivity index (χ0) is 21.4. The maximum atomic E-state index is 14.1. The predicted octanol–water partition coefficient (Wildman–Crippen LogP) is 3.54. The number of aromatic nitrogens is 6. The molecule has 0 N–H and O–H groups in total. The van der Waals surface area contributed by atoms with Crippen molar-refractivity contribution in [3.05, 3.63) is 101 Å². The van der Waals surface area contributed by atoms with Crippen LogP contribution < -0.4 is 5.56 Å². The molecule has 3 heterocycles. The van der Waals surface area contributed by atoms with Crippen LogP contribution in [-0.4, -0.2) is 29.5 Å². The molecule has 5 aromatic rings. The summed E-state index contributed by atoms with van der Waals surface area (Å²) in [5, 5.41) is 8.79. The Morgan fingerprint density at radius 3 is 2.65 bits per heavy atom. The molecular formula is C23H17FN6O. The van der Waals surface area contributed by atoms with E-state index in [9.17, 15) is 9.18 Å². The van der Waals surface area contributed by atoms with E-state index in [1.54, 1.807) is 42.1 Å². The summed E-state index contributed by atoms with van der Waals surface area (Å²) in [4.78, 5) is 21.2. The molecule has 0 aliphatic heterocycles. The highest BCUT2D eigenvalue weighted by molar-refractivity contribution is 5.83. The fourth-order valence-electron chi connectivity index (χ4n) is 3.56. The van der Waals surface area contributed by atoms with E-state index < -0.39 is 5.95 Å². The lowest BCUT2D eigenvalue weighted by Crippen LogP contribution is -2.21. The first kappa shape index (κ1) is 18.8. The van der Waals surface area contributed by atoms with Crippen molar-refractivity contribution in [2.75, 3.05) is 0 Å². The molecule has 8 heteroatoms. The fourth-order valence-corrected chi connectivity index (χ4v) is 3.56. The molecule has 0 bridgehead atoms. The van der Waals surface area contributed by atoms with Gasteiger partial charge >= 0.3 is 0 Å². The van der Waals surface area contributed by atoms with Crippen LogP contribution in [0.1, 0.15) is 11.3 Å². The highest BCUT2D eigenvalue weighted by Gasteiger charge is 2.16. The van der Waals surface area contributed by atoms with Crippen LogP contribution in [0.5, 0.6) is 0 Å². The molecule has 0 saturated heterocycles. The summed E-state index contributed by atoms with van der Waals surface area (Å²) in [7, 11) is 0. The van der Waals surface area contributed by atoms with Crippen LogP contribution in [0, 0.1) is 12.9 Å². The SMILES string of the molecule is Cc1c(-c2ccc3ncn(Cc4ccccc4)c(=O)c3c2)nnn1-c1cccnc1F. The number of hydrogen-bond donors (Lipinski definition) is 0. The predicted molar refractivity (Wildman–Crippen MR) is 114 cm³/mol. The van der Waals surface area contributed by atoms with Crippen LogP contribution in [0.15, 0.2) is 78.0 Å². The molecule has 0 radical (unpaired) electrons. The third-order valence-electron chi connectivity index (χ3n) is 5.16. The third-order valence-corrected chi connectivity index (χ3v) is 5.16. The van der Waals surface area contributed by atoms with Crippen LogP contribution in [0.25, 0.3) is 27.8 Å². The summed E-state index contributed by atoms with van der Waals surface area (Å²) in [6, 6.07) is 18.3. The standard InChI is InChI=1S/C23H17FN6O/c1-15-21(27-28-30(15)20-8-5-11-25-22(20)24)17-9-10-19-18(12-17)23(31)29(14-26-19)13-16-6-3-2-4-7-16/h2-12,14H,13H2,1H3. The Morgan fingerprint density at radius 1 is 1.00 bits per heavy atom. The van der Waals surface area contributed by atoms with Crippen molar-refractivity contribution in [2.45, 2.75) is 13.5 Å². The Morgan fingerprint density at radius 2 is 1.84 bits per heavy atom. The lowest BCUT2D eigenvalue weighted by molar-refractivity contribution is 0.564. The number of halogens is 1. The van der Waals surface area contributed by atoms with E-state index in [0.717, 1.165) is 5.56 Å². The van der Waals surface area contributed by atoms with E-state index >= 15 is 0 Å². The molecule has 0 amide bonds. The van der Waals surface area contributed by atoms with Crippen molar-refractivity contribution >= 4 is 10.9 Å². The second-order valence-electron chi connectivity index (χ2n) is 7.14. The van der Waals surface area contributed by atoms with Crippen molar-refractivity contribution in [1.82, 2.24) is 29.5 Å². The van der Waals surface area contributed by atoms with Gasteiger partial charge in [0.05, 0.1) is 29.5 Å². The molecule has 152 valence electrons. The number of fused-ring (bicyclic) bond motifs is 1.